The lowest BCUT2D eigenvalue weighted by Gasteiger charge is -2.04. The Morgan fingerprint density at radius 1 is 1.42 bits per heavy atom. The summed E-state index contributed by atoms with van der Waals surface area (Å²) in [5, 5.41) is 5.57. The number of rotatable bonds is 3. The van der Waals surface area contributed by atoms with E-state index in [2.05, 4.69) is 10.1 Å². The van der Waals surface area contributed by atoms with Crippen LogP contribution in [0.2, 0.25) is 5.02 Å². The van der Waals surface area contributed by atoms with Gasteiger partial charge >= 0.3 is 0 Å². The van der Waals surface area contributed by atoms with Gasteiger partial charge in [-0.1, -0.05) is 17.7 Å². The van der Waals surface area contributed by atoms with Gasteiger partial charge in [0.05, 0.1) is 12.1 Å². The van der Waals surface area contributed by atoms with Crippen LogP contribution in [0.3, 0.4) is 0 Å². The monoisotopic (exact) mass is 274 g/mol. The fraction of sp³-hybridized carbons (Fsp3) is 0.154. The average molecular weight is 275 g/mol. The van der Waals surface area contributed by atoms with Crippen LogP contribution < -0.4 is 0 Å². The van der Waals surface area contributed by atoms with Crippen LogP contribution in [0.25, 0.3) is 10.9 Å². The molecule has 0 amide bonds. The van der Waals surface area contributed by atoms with E-state index >= 15 is 0 Å². The van der Waals surface area contributed by atoms with E-state index in [1.165, 1.54) is 6.33 Å². The number of hydrogen-bond donors (Lipinski definition) is 0. The maximum Gasteiger partial charge on any atom is 0.152 e. The van der Waals surface area contributed by atoms with Gasteiger partial charge in [0.2, 0.25) is 0 Å². The first kappa shape index (κ1) is 11.9. The van der Waals surface area contributed by atoms with Crippen LogP contribution in [0.5, 0.6) is 0 Å². The molecule has 0 aliphatic rings. The van der Waals surface area contributed by atoms with Crippen LogP contribution in [0.15, 0.2) is 30.7 Å². The molecule has 1 aromatic carbocycles. The van der Waals surface area contributed by atoms with E-state index in [9.17, 15) is 4.79 Å². The smallest absolute Gasteiger partial charge is 0.152 e. The molecule has 0 bridgehead atoms. The van der Waals surface area contributed by atoms with Crippen molar-refractivity contribution in [3.05, 3.63) is 47.1 Å². The number of nitrogens with zero attached hydrogens (tertiary/aromatic N) is 4. The number of fused-ring (bicyclic) bond motifs is 1. The number of benzene rings is 1. The summed E-state index contributed by atoms with van der Waals surface area (Å²) in [4.78, 5) is 15.3. The maximum atomic E-state index is 11.1. The third kappa shape index (κ3) is 2.02. The molecule has 3 aromatic rings. The summed E-state index contributed by atoms with van der Waals surface area (Å²) in [7, 11) is 1.83. The second-order valence-corrected chi connectivity index (χ2v) is 4.73. The zero-order chi connectivity index (χ0) is 13.4. The number of aromatic nitrogens is 4. The van der Waals surface area contributed by atoms with Crippen LogP contribution in [0.1, 0.15) is 16.2 Å². The van der Waals surface area contributed by atoms with Crippen LogP contribution >= 0.6 is 11.6 Å². The standard InChI is InChI=1S/C13H11ClN4O/c1-17-13(15-8-16-17)6-18-5-9(7-19)11-3-2-10(14)4-12(11)18/h2-5,7-8H,6H2,1H3. The fourth-order valence-electron chi connectivity index (χ4n) is 2.13. The predicted molar refractivity (Wildman–Crippen MR) is 72.4 cm³/mol. The van der Waals surface area contributed by atoms with E-state index in [0.29, 0.717) is 17.1 Å². The van der Waals surface area contributed by atoms with E-state index in [0.717, 1.165) is 23.0 Å². The first-order valence-corrected chi connectivity index (χ1v) is 6.13. The molecule has 0 radical (unpaired) electrons. The van der Waals surface area contributed by atoms with Crippen molar-refractivity contribution in [2.24, 2.45) is 7.05 Å². The van der Waals surface area contributed by atoms with Gasteiger partial charge in [0.15, 0.2) is 6.29 Å². The number of aryl methyl sites for hydroxylation is 1. The van der Waals surface area contributed by atoms with E-state index in [1.807, 2.05) is 29.9 Å². The first-order valence-electron chi connectivity index (χ1n) is 5.75. The number of aldehydes is 1. The highest BCUT2D eigenvalue weighted by molar-refractivity contribution is 6.31. The minimum atomic E-state index is 0.543. The molecule has 2 heterocycles. The average Bonchev–Trinajstić information content (AvgIpc) is 2.95. The van der Waals surface area contributed by atoms with Gasteiger partial charge in [-0.3, -0.25) is 9.48 Å². The molecule has 0 saturated heterocycles. The molecule has 0 saturated carbocycles. The summed E-state index contributed by atoms with van der Waals surface area (Å²) >= 11 is 6.02. The molecule has 0 fully saturated rings. The van der Waals surface area contributed by atoms with Gasteiger partial charge in [-0.05, 0) is 12.1 Å². The molecule has 0 spiro atoms. The summed E-state index contributed by atoms with van der Waals surface area (Å²) < 4.78 is 3.66. The third-order valence-corrected chi connectivity index (χ3v) is 3.35. The van der Waals surface area contributed by atoms with Crippen molar-refractivity contribution in [1.29, 1.82) is 0 Å². The van der Waals surface area contributed by atoms with E-state index in [1.54, 1.807) is 10.7 Å². The normalized spacial score (nSPS) is 11.1. The zero-order valence-electron chi connectivity index (χ0n) is 10.2. The van der Waals surface area contributed by atoms with Gasteiger partial charge in [0, 0.05) is 29.2 Å². The number of carbonyl (C=O) groups is 1. The van der Waals surface area contributed by atoms with Gasteiger partial charge in [0.1, 0.15) is 12.2 Å². The maximum absolute atomic E-state index is 11.1. The lowest BCUT2D eigenvalue weighted by atomic mass is 10.2. The lowest BCUT2D eigenvalue weighted by molar-refractivity contribution is 0.112. The minimum Gasteiger partial charge on any atom is -0.339 e. The SMILES string of the molecule is Cn1ncnc1Cn1cc(C=O)c2ccc(Cl)cc21. The Bertz CT molecular complexity index is 759. The molecule has 0 aliphatic heterocycles. The number of halogens is 1. The van der Waals surface area contributed by atoms with Crippen molar-refractivity contribution < 1.29 is 4.79 Å². The summed E-state index contributed by atoms with van der Waals surface area (Å²) in [6.45, 7) is 0.543. The van der Waals surface area contributed by atoms with Gasteiger partial charge < -0.3 is 4.57 Å². The Morgan fingerprint density at radius 2 is 2.26 bits per heavy atom. The first-order chi connectivity index (χ1) is 9.19. The van der Waals surface area contributed by atoms with Crippen LogP contribution in [0.4, 0.5) is 0 Å². The fourth-order valence-corrected chi connectivity index (χ4v) is 2.30. The van der Waals surface area contributed by atoms with Crippen molar-refractivity contribution in [3.8, 4) is 0 Å². The molecule has 3 rings (SSSR count). The Kier molecular flexibility index (Phi) is 2.83. The topological polar surface area (TPSA) is 52.7 Å². The molecule has 19 heavy (non-hydrogen) atoms. The summed E-state index contributed by atoms with van der Waals surface area (Å²) in [5.74, 6) is 0.814. The molecule has 5 nitrogen and oxygen atoms in total. The Hall–Kier alpha value is -2.14. The highest BCUT2D eigenvalue weighted by atomic mass is 35.5. The van der Waals surface area contributed by atoms with Gasteiger partial charge in [0.25, 0.3) is 0 Å². The second kappa shape index (κ2) is 4.51. The minimum absolute atomic E-state index is 0.543. The van der Waals surface area contributed by atoms with E-state index in [-0.39, 0.29) is 0 Å². The quantitative estimate of drug-likeness (QED) is 0.689. The van der Waals surface area contributed by atoms with Crippen LogP contribution in [-0.2, 0) is 13.6 Å². The Morgan fingerprint density at radius 3 is 2.95 bits per heavy atom. The lowest BCUT2D eigenvalue weighted by Crippen LogP contribution is -2.05. The van der Waals surface area contributed by atoms with Gasteiger partial charge in [-0.15, -0.1) is 0 Å². The van der Waals surface area contributed by atoms with Gasteiger partial charge in [-0.25, -0.2) is 4.98 Å². The second-order valence-electron chi connectivity index (χ2n) is 4.29. The Balaban J connectivity index is 2.15. The van der Waals surface area contributed by atoms with Crippen molar-refractivity contribution in [1.82, 2.24) is 19.3 Å². The molecular formula is C13H11ClN4O. The van der Waals surface area contributed by atoms with Gasteiger partial charge in [-0.2, -0.15) is 5.10 Å². The molecule has 0 unspecified atom stereocenters. The van der Waals surface area contributed by atoms with Crippen molar-refractivity contribution in [3.63, 3.8) is 0 Å². The largest absolute Gasteiger partial charge is 0.339 e. The molecular weight excluding hydrogens is 264 g/mol. The molecule has 6 heteroatoms. The molecule has 0 N–H and O–H groups in total. The van der Waals surface area contributed by atoms with Crippen molar-refractivity contribution in [2.45, 2.75) is 6.54 Å². The van der Waals surface area contributed by atoms with Crippen LogP contribution in [0, 0.1) is 0 Å². The van der Waals surface area contributed by atoms with Crippen LogP contribution in [-0.4, -0.2) is 25.6 Å². The molecule has 0 aliphatic carbocycles. The van der Waals surface area contributed by atoms with Crippen molar-refractivity contribution in [2.75, 3.05) is 0 Å². The summed E-state index contributed by atoms with van der Waals surface area (Å²) in [5.41, 5.74) is 1.56. The predicted octanol–water partition coefficient (Wildman–Crippen LogP) is 2.28. The number of carbonyl (C=O) groups excluding carboxylic acids is 1. The zero-order valence-corrected chi connectivity index (χ0v) is 11.0. The highest BCUT2D eigenvalue weighted by Crippen LogP contribution is 2.24. The van der Waals surface area contributed by atoms with E-state index < -0.39 is 0 Å². The molecule has 0 atom stereocenters. The molecule has 2 aromatic heterocycles. The summed E-state index contributed by atoms with van der Waals surface area (Å²) in [6.07, 6.45) is 4.17. The van der Waals surface area contributed by atoms with Crippen molar-refractivity contribution >= 4 is 28.8 Å². The highest BCUT2D eigenvalue weighted by Gasteiger charge is 2.10. The number of hydrogen-bond acceptors (Lipinski definition) is 3. The Labute approximate surface area is 114 Å². The van der Waals surface area contributed by atoms with E-state index in [4.69, 9.17) is 11.6 Å². The third-order valence-electron chi connectivity index (χ3n) is 3.12. The molecule has 96 valence electrons. The summed E-state index contributed by atoms with van der Waals surface area (Å²) in [6, 6.07) is 5.48.